The lowest BCUT2D eigenvalue weighted by Gasteiger charge is -2.12. The summed E-state index contributed by atoms with van der Waals surface area (Å²) in [5, 5.41) is 7.68. The van der Waals surface area contributed by atoms with Gasteiger partial charge in [0.2, 0.25) is 0 Å². The Labute approximate surface area is 152 Å². The van der Waals surface area contributed by atoms with Crippen molar-refractivity contribution in [1.29, 1.82) is 0 Å². The van der Waals surface area contributed by atoms with E-state index in [0.717, 1.165) is 22.6 Å². The molecule has 5 nitrogen and oxygen atoms in total. The Hall–Kier alpha value is -2.09. The van der Waals surface area contributed by atoms with E-state index in [4.69, 9.17) is 4.42 Å². The van der Waals surface area contributed by atoms with Crippen molar-refractivity contribution in [3.8, 4) is 0 Å². The summed E-state index contributed by atoms with van der Waals surface area (Å²) in [5.41, 5.74) is 2.19. The van der Waals surface area contributed by atoms with E-state index in [0.29, 0.717) is 13.1 Å². The minimum absolute atomic E-state index is 0. The molecule has 0 saturated heterocycles. The monoisotopic (exact) mass is 422 g/mol. The molecule has 0 bridgehead atoms. The van der Waals surface area contributed by atoms with Gasteiger partial charge in [0.1, 0.15) is 5.76 Å². The lowest BCUT2D eigenvalue weighted by molar-refractivity contribution is 0.501. The fourth-order valence-corrected chi connectivity index (χ4v) is 2.29. The number of aromatic nitrogens is 1. The number of halogens is 1. The van der Waals surface area contributed by atoms with Crippen molar-refractivity contribution in [2.75, 3.05) is 7.05 Å². The van der Waals surface area contributed by atoms with Gasteiger partial charge >= 0.3 is 0 Å². The number of nitrogens with zero attached hydrogens (tertiary/aromatic N) is 2. The third kappa shape index (κ3) is 4.44. The second kappa shape index (κ2) is 8.52. The van der Waals surface area contributed by atoms with Crippen LogP contribution in [0.5, 0.6) is 0 Å². The number of fused-ring (bicyclic) bond motifs is 1. The minimum atomic E-state index is 0. The molecule has 0 atom stereocenters. The second-order valence-electron chi connectivity index (χ2n) is 4.85. The van der Waals surface area contributed by atoms with Gasteiger partial charge in [-0.3, -0.25) is 9.98 Å². The molecular formula is C17H19IN4O. The zero-order chi connectivity index (χ0) is 15.2. The van der Waals surface area contributed by atoms with Crippen LogP contribution in [0.25, 0.3) is 10.9 Å². The van der Waals surface area contributed by atoms with Gasteiger partial charge in [-0.05, 0) is 29.8 Å². The molecule has 2 N–H and O–H groups in total. The number of aliphatic imine (C=N–C) groups is 1. The number of rotatable bonds is 4. The first-order chi connectivity index (χ1) is 10.9. The van der Waals surface area contributed by atoms with Crippen molar-refractivity contribution >= 4 is 40.8 Å². The summed E-state index contributed by atoms with van der Waals surface area (Å²) in [6.07, 6.45) is 3.49. The summed E-state index contributed by atoms with van der Waals surface area (Å²) in [6.45, 7) is 1.28. The maximum Gasteiger partial charge on any atom is 0.191 e. The van der Waals surface area contributed by atoms with Gasteiger partial charge in [0.15, 0.2) is 5.96 Å². The van der Waals surface area contributed by atoms with Crippen LogP contribution in [-0.2, 0) is 13.1 Å². The van der Waals surface area contributed by atoms with Crippen molar-refractivity contribution in [3.05, 3.63) is 66.2 Å². The highest BCUT2D eigenvalue weighted by Crippen LogP contribution is 2.15. The van der Waals surface area contributed by atoms with E-state index in [1.807, 2.05) is 42.6 Å². The van der Waals surface area contributed by atoms with Crippen LogP contribution < -0.4 is 10.6 Å². The van der Waals surface area contributed by atoms with Gasteiger partial charge in [0.25, 0.3) is 0 Å². The molecule has 23 heavy (non-hydrogen) atoms. The lowest BCUT2D eigenvalue weighted by atomic mass is 10.1. The van der Waals surface area contributed by atoms with E-state index in [1.54, 1.807) is 13.3 Å². The molecule has 0 saturated carbocycles. The van der Waals surface area contributed by atoms with Gasteiger partial charge in [-0.15, -0.1) is 24.0 Å². The first-order valence-corrected chi connectivity index (χ1v) is 7.16. The second-order valence-corrected chi connectivity index (χ2v) is 4.85. The number of para-hydroxylation sites is 1. The Morgan fingerprint density at radius 1 is 1.09 bits per heavy atom. The van der Waals surface area contributed by atoms with Gasteiger partial charge in [-0.25, -0.2) is 0 Å². The maximum atomic E-state index is 5.30. The van der Waals surface area contributed by atoms with Crippen LogP contribution in [0.1, 0.15) is 11.3 Å². The Balaban J connectivity index is 0.00000192. The molecule has 2 aromatic heterocycles. The summed E-state index contributed by atoms with van der Waals surface area (Å²) < 4.78 is 5.30. The van der Waals surface area contributed by atoms with Crippen molar-refractivity contribution in [3.63, 3.8) is 0 Å². The van der Waals surface area contributed by atoms with E-state index in [2.05, 4.69) is 26.7 Å². The molecule has 0 amide bonds. The molecule has 2 heterocycles. The first kappa shape index (κ1) is 17.3. The van der Waals surface area contributed by atoms with Crippen molar-refractivity contribution in [1.82, 2.24) is 15.6 Å². The summed E-state index contributed by atoms with van der Waals surface area (Å²) in [5.74, 6) is 1.61. The number of hydrogen-bond acceptors (Lipinski definition) is 3. The predicted octanol–water partition coefficient (Wildman–Crippen LogP) is 3.31. The standard InChI is InChI=1S/C17H18N4O.HI/c1-18-17(21-12-14-5-4-10-22-14)20-11-13-8-9-19-16-7-3-2-6-15(13)16;/h2-10H,11-12H2,1H3,(H2,18,20,21);1H. The molecule has 0 spiro atoms. The van der Waals surface area contributed by atoms with Crippen LogP contribution in [0.15, 0.2) is 64.3 Å². The minimum Gasteiger partial charge on any atom is -0.467 e. The van der Waals surface area contributed by atoms with Crippen molar-refractivity contribution in [2.45, 2.75) is 13.1 Å². The van der Waals surface area contributed by atoms with Crippen LogP contribution in [0, 0.1) is 0 Å². The van der Waals surface area contributed by atoms with Gasteiger partial charge in [0, 0.05) is 25.2 Å². The lowest BCUT2D eigenvalue weighted by Crippen LogP contribution is -2.36. The van der Waals surface area contributed by atoms with E-state index in [9.17, 15) is 0 Å². The molecule has 3 rings (SSSR count). The predicted molar refractivity (Wildman–Crippen MR) is 103 cm³/mol. The van der Waals surface area contributed by atoms with Crippen LogP contribution in [-0.4, -0.2) is 18.0 Å². The van der Waals surface area contributed by atoms with Crippen LogP contribution in [0.2, 0.25) is 0 Å². The highest BCUT2D eigenvalue weighted by molar-refractivity contribution is 14.0. The number of furan rings is 1. The number of guanidine groups is 1. The van der Waals surface area contributed by atoms with Gasteiger partial charge < -0.3 is 15.1 Å². The summed E-state index contributed by atoms with van der Waals surface area (Å²) in [4.78, 5) is 8.59. The quantitative estimate of drug-likeness (QED) is 0.385. The Bertz CT molecular complexity index is 766. The molecule has 1 aromatic carbocycles. The number of nitrogens with one attached hydrogen (secondary N) is 2. The zero-order valence-electron chi connectivity index (χ0n) is 12.8. The largest absolute Gasteiger partial charge is 0.467 e. The molecule has 0 aliphatic rings. The topological polar surface area (TPSA) is 62.5 Å². The van der Waals surface area contributed by atoms with Gasteiger partial charge in [-0.1, -0.05) is 18.2 Å². The SMILES string of the molecule is CN=C(NCc1ccco1)NCc1ccnc2ccccc12.I. The van der Waals surface area contributed by atoms with Crippen molar-refractivity contribution in [2.24, 2.45) is 4.99 Å². The molecule has 120 valence electrons. The highest BCUT2D eigenvalue weighted by Gasteiger charge is 2.03. The fraction of sp³-hybridized carbons (Fsp3) is 0.176. The van der Waals surface area contributed by atoms with Crippen LogP contribution in [0.4, 0.5) is 0 Å². The number of benzene rings is 1. The molecule has 3 aromatic rings. The van der Waals surface area contributed by atoms with Crippen LogP contribution >= 0.6 is 24.0 Å². The number of hydrogen-bond donors (Lipinski definition) is 2. The zero-order valence-corrected chi connectivity index (χ0v) is 15.2. The summed E-state index contributed by atoms with van der Waals surface area (Å²) >= 11 is 0. The molecular weight excluding hydrogens is 403 g/mol. The van der Waals surface area contributed by atoms with Gasteiger partial charge in [-0.2, -0.15) is 0 Å². The molecule has 0 unspecified atom stereocenters. The molecule has 0 aliphatic heterocycles. The Morgan fingerprint density at radius 2 is 1.91 bits per heavy atom. The normalized spacial score (nSPS) is 11.1. The van der Waals surface area contributed by atoms with E-state index in [1.165, 1.54) is 5.56 Å². The van der Waals surface area contributed by atoms with E-state index >= 15 is 0 Å². The summed E-state index contributed by atoms with van der Waals surface area (Å²) in [6, 6.07) is 13.9. The fourth-order valence-electron chi connectivity index (χ4n) is 2.29. The smallest absolute Gasteiger partial charge is 0.191 e. The molecule has 0 aliphatic carbocycles. The van der Waals surface area contributed by atoms with Crippen molar-refractivity contribution < 1.29 is 4.42 Å². The van der Waals surface area contributed by atoms with E-state index in [-0.39, 0.29) is 24.0 Å². The van der Waals surface area contributed by atoms with Gasteiger partial charge in [0.05, 0.1) is 18.3 Å². The third-order valence-corrected chi connectivity index (χ3v) is 3.42. The molecule has 0 fully saturated rings. The Kier molecular flexibility index (Phi) is 6.40. The molecule has 0 radical (unpaired) electrons. The highest BCUT2D eigenvalue weighted by atomic mass is 127. The van der Waals surface area contributed by atoms with Crippen LogP contribution in [0.3, 0.4) is 0 Å². The third-order valence-electron chi connectivity index (χ3n) is 3.42. The van der Waals surface area contributed by atoms with E-state index < -0.39 is 0 Å². The average molecular weight is 422 g/mol. The Morgan fingerprint density at radius 3 is 2.70 bits per heavy atom. The average Bonchev–Trinajstić information content (AvgIpc) is 3.08. The summed E-state index contributed by atoms with van der Waals surface area (Å²) in [7, 11) is 1.75. The number of pyridine rings is 1. The maximum absolute atomic E-state index is 5.30. The first-order valence-electron chi connectivity index (χ1n) is 7.16. The molecule has 6 heteroatoms.